The Morgan fingerprint density at radius 1 is 0.724 bits per heavy atom. The van der Waals surface area contributed by atoms with Crippen molar-refractivity contribution in [3.8, 4) is 0 Å². The van der Waals surface area contributed by atoms with Gasteiger partial charge in [0.25, 0.3) is 0 Å². The number of benzene rings is 3. The molecule has 0 bridgehead atoms. The summed E-state index contributed by atoms with van der Waals surface area (Å²) in [4.78, 5) is 0. The van der Waals surface area contributed by atoms with E-state index in [0.29, 0.717) is 12.0 Å². The summed E-state index contributed by atoms with van der Waals surface area (Å²) in [7, 11) is 0. The molecule has 2 atom stereocenters. The second-order valence-electron chi connectivity index (χ2n) is 9.09. The van der Waals surface area contributed by atoms with Crippen LogP contribution in [0.25, 0.3) is 0 Å². The van der Waals surface area contributed by atoms with E-state index in [1.54, 1.807) is 0 Å². The van der Waals surface area contributed by atoms with Crippen LogP contribution in [-0.4, -0.2) is 6.54 Å². The highest BCUT2D eigenvalue weighted by atomic mass is 14.9. The van der Waals surface area contributed by atoms with Crippen LogP contribution in [0.15, 0.2) is 84.9 Å². The van der Waals surface area contributed by atoms with Crippen LogP contribution < -0.4 is 5.32 Å². The van der Waals surface area contributed by atoms with Gasteiger partial charge in [-0.05, 0) is 47.1 Å². The third-order valence-corrected chi connectivity index (χ3v) is 5.81. The van der Waals surface area contributed by atoms with Gasteiger partial charge in [-0.15, -0.1) is 0 Å². The van der Waals surface area contributed by atoms with Gasteiger partial charge in [0.1, 0.15) is 0 Å². The molecule has 0 heterocycles. The number of nitrogens with one attached hydrogen (secondary N) is 1. The van der Waals surface area contributed by atoms with Crippen molar-refractivity contribution < 1.29 is 0 Å². The minimum absolute atomic E-state index is 0.219. The summed E-state index contributed by atoms with van der Waals surface area (Å²) < 4.78 is 0. The summed E-state index contributed by atoms with van der Waals surface area (Å²) in [5.41, 5.74) is 5.79. The van der Waals surface area contributed by atoms with Crippen molar-refractivity contribution in [1.29, 1.82) is 0 Å². The fraction of sp³-hybridized carbons (Fsp3) is 0.357. The lowest BCUT2D eigenvalue weighted by Crippen LogP contribution is -2.27. The van der Waals surface area contributed by atoms with E-state index in [9.17, 15) is 0 Å². The van der Waals surface area contributed by atoms with Gasteiger partial charge in [-0.1, -0.05) is 113 Å². The zero-order valence-electron chi connectivity index (χ0n) is 18.4. The minimum Gasteiger partial charge on any atom is -0.309 e. The van der Waals surface area contributed by atoms with Crippen molar-refractivity contribution in [2.75, 3.05) is 6.54 Å². The van der Waals surface area contributed by atoms with Crippen LogP contribution in [0, 0.1) is 0 Å². The van der Waals surface area contributed by atoms with Crippen molar-refractivity contribution >= 4 is 0 Å². The second kappa shape index (κ2) is 9.89. The first kappa shape index (κ1) is 21.3. The predicted octanol–water partition coefficient (Wildman–Crippen LogP) is 7.05. The lowest BCUT2D eigenvalue weighted by Gasteiger charge is -2.26. The Hall–Kier alpha value is -2.38. The monoisotopic (exact) mass is 385 g/mol. The maximum atomic E-state index is 3.84. The highest BCUT2D eigenvalue weighted by Gasteiger charge is 2.20. The number of aryl methyl sites for hydroxylation is 1. The molecule has 29 heavy (non-hydrogen) atoms. The van der Waals surface area contributed by atoms with Crippen LogP contribution in [0.5, 0.6) is 0 Å². The molecule has 0 radical (unpaired) electrons. The Morgan fingerprint density at radius 2 is 1.28 bits per heavy atom. The first-order valence-corrected chi connectivity index (χ1v) is 10.9. The molecule has 0 aliphatic heterocycles. The SMILES string of the molecule is C[C@H](c1ccccc1)[C@H](NCCCc1ccc(C(C)(C)C)cc1)c1ccccc1. The predicted molar refractivity (Wildman–Crippen MR) is 126 cm³/mol. The average Bonchev–Trinajstić information content (AvgIpc) is 2.74. The highest BCUT2D eigenvalue weighted by Crippen LogP contribution is 2.30. The largest absolute Gasteiger partial charge is 0.309 e. The van der Waals surface area contributed by atoms with E-state index in [-0.39, 0.29) is 5.41 Å². The van der Waals surface area contributed by atoms with Crippen LogP contribution in [0.1, 0.15) is 68.3 Å². The van der Waals surface area contributed by atoms with E-state index in [4.69, 9.17) is 0 Å². The molecule has 0 fully saturated rings. The van der Waals surface area contributed by atoms with Gasteiger partial charge in [0.2, 0.25) is 0 Å². The Kier molecular flexibility index (Phi) is 7.28. The lowest BCUT2D eigenvalue weighted by molar-refractivity contribution is 0.461. The minimum atomic E-state index is 0.219. The summed E-state index contributed by atoms with van der Waals surface area (Å²) in [6, 6.07) is 31.1. The number of hydrogen-bond donors (Lipinski definition) is 1. The summed E-state index contributed by atoms with van der Waals surface area (Å²) in [6.45, 7) is 10.1. The molecule has 0 saturated heterocycles. The number of hydrogen-bond acceptors (Lipinski definition) is 1. The third kappa shape index (κ3) is 6.05. The Morgan fingerprint density at radius 3 is 1.83 bits per heavy atom. The number of rotatable bonds is 8. The summed E-state index contributed by atoms with van der Waals surface area (Å²) >= 11 is 0. The first-order chi connectivity index (χ1) is 13.9. The van der Waals surface area contributed by atoms with Gasteiger partial charge in [0, 0.05) is 12.0 Å². The molecule has 0 unspecified atom stereocenters. The topological polar surface area (TPSA) is 12.0 Å². The normalized spacial score (nSPS) is 13.8. The molecule has 3 aromatic carbocycles. The third-order valence-electron chi connectivity index (χ3n) is 5.81. The smallest absolute Gasteiger partial charge is 0.0386 e. The average molecular weight is 386 g/mol. The van der Waals surface area contributed by atoms with Crippen molar-refractivity contribution in [2.24, 2.45) is 0 Å². The van der Waals surface area contributed by atoms with E-state index in [2.05, 4.69) is 118 Å². The molecular formula is C28H35N. The zero-order valence-corrected chi connectivity index (χ0v) is 18.4. The van der Waals surface area contributed by atoms with Crippen LogP contribution >= 0.6 is 0 Å². The molecule has 0 aliphatic carbocycles. The van der Waals surface area contributed by atoms with Crippen LogP contribution in [0.3, 0.4) is 0 Å². The molecule has 3 aromatic rings. The molecule has 3 rings (SSSR count). The Bertz CT molecular complexity index is 844. The van der Waals surface area contributed by atoms with Gasteiger partial charge in [-0.3, -0.25) is 0 Å². The summed E-state index contributed by atoms with van der Waals surface area (Å²) in [5, 5.41) is 3.84. The van der Waals surface area contributed by atoms with E-state index >= 15 is 0 Å². The molecule has 0 aromatic heterocycles. The quantitative estimate of drug-likeness (QED) is 0.410. The van der Waals surface area contributed by atoms with Gasteiger partial charge in [-0.2, -0.15) is 0 Å². The van der Waals surface area contributed by atoms with E-state index in [0.717, 1.165) is 19.4 Å². The molecule has 0 amide bonds. The Balaban J connectivity index is 1.60. The lowest BCUT2D eigenvalue weighted by atomic mass is 9.86. The van der Waals surface area contributed by atoms with E-state index < -0.39 is 0 Å². The van der Waals surface area contributed by atoms with Crippen LogP contribution in [0.4, 0.5) is 0 Å². The van der Waals surface area contributed by atoms with Gasteiger partial charge in [0.05, 0.1) is 0 Å². The fourth-order valence-electron chi connectivity index (χ4n) is 3.91. The second-order valence-corrected chi connectivity index (χ2v) is 9.09. The molecule has 0 spiro atoms. The van der Waals surface area contributed by atoms with Crippen LogP contribution in [-0.2, 0) is 11.8 Å². The maximum absolute atomic E-state index is 3.84. The molecule has 1 nitrogen and oxygen atoms in total. The molecule has 152 valence electrons. The maximum Gasteiger partial charge on any atom is 0.0386 e. The van der Waals surface area contributed by atoms with Crippen molar-refractivity contribution in [3.63, 3.8) is 0 Å². The zero-order chi connectivity index (χ0) is 20.7. The van der Waals surface area contributed by atoms with Gasteiger partial charge in [-0.25, -0.2) is 0 Å². The molecule has 0 aliphatic rings. The molecule has 0 saturated carbocycles. The van der Waals surface area contributed by atoms with Crippen molar-refractivity contribution in [2.45, 2.75) is 57.9 Å². The van der Waals surface area contributed by atoms with Crippen LogP contribution in [0.2, 0.25) is 0 Å². The van der Waals surface area contributed by atoms with Crippen molar-refractivity contribution in [3.05, 3.63) is 107 Å². The molecular weight excluding hydrogens is 350 g/mol. The first-order valence-electron chi connectivity index (χ1n) is 10.9. The standard InChI is InChI=1S/C28H35N/c1-22(24-13-7-5-8-14-24)27(25-15-9-6-10-16-25)29-21-11-12-23-17-19-26(20-18-23)28(2,3)4/h5-10,13-20,22,27,29H,11-12,21H2,1-4H3/t22-,27+/m1/s1. The van der Waals surface area contributed by atoms with Gasteiger partial charge in [0.15, 0.2) is 0 Å². The summed E-state index contributed by atoms with van der Waals surface area (Å²) in [6.07, 6.45) is 2.25. The van der Waals surface area contributed by atoms with E-state index in [1.807, 2.05) is 0 Å². The van der Waals surface area contributed by atoms with Gasteiger partial charge < -0.3 is 5.32 Å². The molecule has 1 heteroatoms. The summed E-state index contributed by atoms with van der Waals surface area (Å²) in [5.74, 6) is 0.421. The fourth-order valence-corrected chi connectivity index (χ4v) is 3.91. The molecule has 1 N–H and O–H groups in total. The van der Waals surface area contributed by atoms with E-state index in [1.165, 1.54) is 22.3 Å². The van der Waals surface area contributed by atoms with Crippen molar-refractivity contribution in [1.82, 2.24) is 5.32 Å². The van der Waals surface area contributed by atoms with Gasteiger partial charge >= 0.3 is 0 Å². The Labute approximate surface area is 177 Å². The highest BCUT2D eigenvalue weighted by molar-refractivity contribution is 5.29.